The molecule has 0 bridgehead atoms. The Labute approximate surface area is 154 Å². The minimum Gasteiger partial charge on any atom is -0.264 e. The van der Waals surface area contributed by atoms with E-state index in [4.69, 9.17) is 16.7 Å². The first-order valence-electron chi connectivity index (χ1n) is 8.01. The second kappa shape index (κ2) is 6.24. The van der Waals surface area contributed by atoms with Crippen LogP contribution < -0.4 is 0 Å². The van der Waals surface area contributed by atoms with Crippen molar-refractivity contribution in [1.29, 1.82) is 0 Å². The minimum absolute atomic E-state index is 0.360. The summed E-state index contributed by atoms with van der Waals surface area (Å²) in [6.07, 6.45) is 0.743. The molecule has 0 aliphatic rings. The fourth-order valence-electron chi connectivity index (χ4n) is 2.65. The van der Waals surface area contributed by atoms with Gasteiger partial charge in [0.2, 0.25) is 10.8 Å². The predicted octanol–water partition coefficient (Wildman–Crippen LogP) is 3.95. The van der Waals surface area contributed by atoms with Crippen LogP contribution in [0.2, 0.25) is 5.02 Å². The Kier molecular flexibility index (Phi) is 4.05. The molecule has 6 nitrogen and oxygen atoms in total. The number of halogens is 1. The maximum atomic E-state index is 5.95. The van der Waals surface area contributed by atoms with Gasteiger partial charge in [0.1, 0.15) is 10.7 Å². The van der Waals surface area contributed by atoms with Gasteiger partial charge >= 0.3 is 0 Å². The highest BCUT2D eigenvalue weighted by molar-refractivity contribution is 7.16. The zero-order chi connectivity index (χ0) is 17.6. The zero-order valence-corrected chi connectivity index (χ0v) is 15.7. The lowest BCUT2D eigenvalue weighted by Crippen LogP contribution is -1.99. The van der Waals surface area contributed by atoms with Gasteiger partial charge < -0.3 is 0 Å². The fraction of sp³-hybridized carbons (Fsp3) is 0.294. The van der Waals surface area contributed by atoms with Crippen LogP contribution in [0, 0.1) is 0 Å². The summed E-state index contributed by atoms with van der Waals surface area (Å²) in [5.41, 5.74) is 3.11. The molecule has 8 heteroatoms. The van der Waals surface area contributed by atoms with Crippen LogP contribution in [-0.2, 0) is 13.5 Å². The number of hydrogen-bond donors (Lipinski definition) is 0. The lowest BCUT2D eigenvalue weighted by atomic mass is 10.1. The second-order valence-corrected chi connectivity index (χ2v) is 7.73. The summed E-state index contributed by atoms with van der Waals surface area (Å²) in [5.74, 6) is 1.08. The molecule has 0 saturated heterocycles. The van der Waals surface area contributed by atoms with Gasteiger partial charge in [0.05, 0.1) is 5.69 Å². The summed E-state index contributed by atoms with van der Waals surface area (Å²) in [5, 5.41) is 19.6. The van der Waals surface area contributed by atoms with Crippen LogP contribution in [0.5, 0.6) is 0 Å². The highest BCUT2D eigenvalue weighted by Crippen LogP contribution is 2.25. The Morgan fingerprint density at radius 2 is 1.88 bits per heavy atom. The van der Waals surface area contributed by atoms with Gasteiger partial charge in [-0.25, -0.2) is 0 Å². The van der Waals surface area contributed by atoms with Gasteiger partial charge in [-0.1, -0.05) is 48.9 Å². The van der Waals surface area contributed by atoms with E-state index in [-0.39, 0.29) is 0 Å². The Morgan fingerprint density at radius 1 is 1.12 bits per heavy atom. The molecular formula is C17H17ClN6S. The van der Waals surface area contributed by atoms with E-state index in [1.165, 1.54) is 5.56 Å². The van der Waals surface area contributed by atoms with Crippen LogP contribution >= 0.6 is 22.9 Å². The molecule has 3 aromatic heterocycles. The van der Waals surface area contributed by atoms with Crippen molar-refractivity contribution in [3.8, 4) is 11.5 Å². The smallest absolute Gasteiger partial charge is 0.235 e. The van der Waals surface area contributed by atoms with Crippen molar-refractivity contribution in [3.63, 3.8) is 0 Å². The maximum absolute atomic E-state index is 5.95. The lowest BCUT2D eigenvalue weighted by Gasteiger charge is -1.98. The number of benzene rings is 1. The minimum atomic E-state index is 0.360. The van der Waals surface area contributed by atoms with Crippen molar-refractivity contribution < 1.29 is 0 Å². The molecule has 0 N–H and O–H groups in total. The van der Waals surface area contributed by atoms with Crippen LogP contribution in [0.15, 0.2) is 30.3 Å². The predicted molar refractivity (Wildman–Crippen MR) is 99.2 cm³/mol. The number of aromatic nitrogens is 6. The molecule has 0 atom stereocenters. The summed E-state index contributed by atoms with van der Waals surface area (Å²) in [7, 11) is 1.92. The van der Waals surface area contributed by atoms with Crippen molar-refractivity contribution in [1.82, 2.24) is 29.6 Å². The van der Waals surface area contributed by atoms with E-state index in [1.807, 2.05) is 36.0 Å². The maximum Gasteiger partial charge on any atom is 0.235 e. The van der Waals surface area contributed by atoms with Gasteiger partial charge in [0.25, 0.3) is 0 Å². The van der Waals surface area contributed by atoms with Crippen LogP contribution in [0.25, 0.3) is 16.5 Å². The zero-order valence-electron chi connectivity index (χ0n) is 14.1. The van der Waals surface area contributed by atoms with Crippen molar-refractivity contribution in [2.75, 3.05) is 0 Å². The lowest BCUT2D eigenvalue weighted by molar-refractivity contribution is 0.712. The van der Waals surface area contributed by atoms with E-state index in [2.05, 4.69) is 35.2 Å². The van der Waals surface area contributed by atoms with Crippen molar-refractivity contribution in [2.45, 2.75) is 26.2 Å². The monoisotopic (exact) mass is 372 g/mol. The molecule has 0 amide bonds. The SMILES string of the molecule is CC(C)c1cc(-c2nnc3sc(Cc4ccc(Cl)cc4)nn23)n(C)n1. The molecule has 0 spiro atoms. The Morgan fingerprint density at radius 3 is 2.56 bits per heavy atom. The van der Waals surface area contributed by atoms with Gasteiger partial charge in [0.15, 0.2) is 0 Å². The number of hydrogen-bond acceptors (Lipinski definition) is 5. The average Bonchev–Trinajstić information content (AvgIpc) is 3.23. The van der Waals surface area contributed by atoms with Crippen LogP contribution in [0.4, 0.5) is 0 Å². The van der Waals surface area contributed by atoms with Crippen molar-refractivity contribution >= 4 is 27.9 Å². The van der Waals surface area contributed by atoms with Crippen molar-refractivity contribution in [2.24, 2.45) is 7.05 Å². The molecule has 0 radical (unpaired) electrons. The first kappa shape index (κ1) is 16.2. The molecule has 4 aromatic rings. The molecule has 0 fully saturated rings. The largest absolute Gasteiger partial charge is 0.264 e. The summed E-state index contributed by atoms with van der Waals surface area (Å²) >= 11 is 7.49. The standard InChI is InChI=1S/C17H17ClN6S/c1-10(2)13-9-14(23(3)21-13)16-19-20-17-24(16)22-15(25-17)8-11-4-6-12(18)7-5-11/h4-7,9-10H,8H2,1-3H3. The molecule has 128 valence electrons. The third kappa shape index (κ3) is 3.05. The van der Waals surface area contributed by atoms with Gasteiger partial charge in [0, 0.05) is 18.5 Å². The topological polar surface area (TPSA) is 60.9 Å². The van der Waals surface area contributed by atoms with Gasteiger partial charge in [-0.2, -0.15) is 14.7 Å². The van der Waals surface area contributed by atoms with Gasteiger partial charge in [-0.3, -0.25) is 4.68 Å². The highest BCUT2D eigenvalue weighted by atomic mass is 35.5. The number of aryl methyl sites for hydroxylation is 1. The quantitative estimate of drug-likeness (QED) is 0.544. The Bertz CT molecular complexity index is 1030. The Balaban J connectivity index is 1.70. The molecule has 4 rings (SSSR count). The van der Waals surface area contributed by atoms with Crippen LogP contribution in [0.1, 0.15) is 36.0 Å². The van der Waals surface area contributed by atoms with E-state index in [9.17, 15) is 0 Å². The third-order valence-electron chi connectivity index (χ3n) is 4.02. The normalized spacial score (nSPS) is 11.7. The van der Waals surface area contributed by atoms with E-state index in [0.717, 1.165) is 38.6 Å². The van der Waals surface area contributed by atoms with Gasteiger partial charge in [-0.05, 0) is 29.7 Å². The van der Waals surface area contributed by atoms with Crippen LogP contribution in [0.3, 0.4) is 0 Å². The first-order chi connectivity index (χ1) is 12.0. The molecule has 0 saturated carbocycles. The molecule has 0 aliphatic heterocycles. The number of nitrogens with zero attached hydrogens (tertiary/aromatic N) is 6. The van der Waals surface area contributed by atoms with E-state index in [1.54, 1.807) is 15.9 Å². The molecule has 25 heavy (non-hydrogen) atoms. The number of rotatable bonds is 4. The summed E-state index contributed by atoms with van der Waals surface area (Å²) in [6.45, 7) is 4.25. The molecule has 3 heterocycles. The summed E-state index contributed by atoms with van der Waals surface area (Å²) in [4.78, 5) is 0.784. The van der Waals surface area contributed by atoms with E-state index in [0.29, 0.717) is 5.92 Å². The molecule has 0 aliphatic carbocycles. The molecule has 1 aromatic carbocycles. The average molecular weight is 373 g/mol. The Hall–Kier alpha value is -2.25. The molecular weight excluding hydrogens is 356 g/mol. The van der Waals surface area contributed by atoms with E-state index >= 15 is 0 Å². The van der Waals surface area contributed by atoms with Gasteiger partial charge in [-0.15, -0.1) is 10.2 Å². The van der Waals surface area contributed by atoms with Crippen LogP contribution in [-0.4, -0.2) is 29.6 Å². The van der Waals surface area contributed by atoms with E-state index < -0.39 is 0 Å². The molecule has 0 unspecified atom stereocenters. The third-order valence-corrected chi connectivity index (χ3v) is 5.17. The second-order valence-electron chi connectivity index (χ2n) is 6.25. The summed E-state index contributed by atoms with van der Waals surface area (Å²) < 4.78 is 3.64. The number of fused-ring (bicyclic) bond motifs is 1. The first-order valence-corrected chi connectivity index (χ1v) is 9.20. The fourth-order valence-corrected chi connectivity index (χ4v) is 3.64. The highest BCUT2D eigenvalue weighted by Gasteiger charge is 2.18. The summed E-state index contributed by atoms with van der Waals surface area (Å²) in [6, 6.07) is 9.88. The van der Waals surface area contributed by atoms with Crippen molar-refractivity contribution in [3.05, 3.63) is 51.6 Å².